The number of rotatable bonds is 6. The van der Waals surface area contributed by atoms with Gasteiger partial charge in [0.15, 0.2) is 0 Å². The number of hydrazone groups is 1. The maximum absolute atomic E-state index is 12.2. The van der Waals surface area contributed by atoms with Gasteiger partial charge in [0.1, 0.15) is 18.1 Å². The van der Waals surface area contributed by atoms with Gasteiger partial charge in [-0.2, -0.15) is 5.10 Å². The van der Waals surface area contributed by atoms with Gasteiger partial charge in [-0.05, 0) is 90.9 Å². The molecule has 0 fully saturated rings. The van der Waals surface area contributed by atoms with E-state index in [9.17, 15) is 9.90 Å². The van der Waals surface area contributed by atoms with Gasteiger partial charge in [-0.1, -0.05) is 28.6 Å². The van der Waals surface area contributed by atoms with Crippen molar-refractivity contribution in [2.45, 2.75) is 0 Å². The molecular formula is C17H12Br2I2N2O3. The molecule has 0 saturated carbocycles. The number of benzene rings is 2. The van der Waals surface area contributed by atoms with Gasteiger partial charge >= 0.3 is 0 Å². The van der Waals surface area contributed by atoms with Crippen LogP contribution in [0.1, 0.15) is 15.9 Å². The molecule has 2 aromatic rings. The molecule has 136 valence electrons. The first-order valence-electron chi connectivity index (χ1n) is 7.07. The van der Waals surface area contributed by atoms with Crippen LogP contribution >= 0.6 is 77.0 Å². The number of nitrogens with zero attached hydrogens (tertiary/aromatic N) is 1. The number of ether oxygens (including phenoxy) is 1. The molecule has 26 heavy (non-hydrogen) atoms. The van der Waals surface area contributed by atoms with Crippen molar-refractivity contribution < 1.29 is 14.6 Å². The zero-order valence-corrected chi connectivity index (χ0v) is 20.6. The average Bonchev–Trinajstić information content (AvgIpc) is 2.57. The zero-order chi connectivity index (χ0) is 19.3. The number of phenolic OH excluding ortho intramolecular Hbond substituents is 1. The summed E-state index contributed by atoms with van der Waals surface area (Å²) in [4.78, 5) is 12.2. The molecule has 0 aliphatic rings. The molecule has 0 aliphatic carbocycles. The number of phenols is 1. The first kappa shape index (κ1) is 21.6. The van der Waals surface area contributed by atoms with E-state index in [4.69, 9.17) is 4.74 Å². The lowest BCUT2D eigenvalue weighted by molar-refractivity contribution is 0.0952. The molecule has 9 heteroatoms. The van der Waals surface area contributed by atoms with Crippen LogP contribution in [0.4, 0.5) is 0 Å². The molecule has 2 N–H and O–H groups in total. The van der Waals surface area contributed by atoms with Gasteiger partial charge in [-0.3, -0.25) is 4.79 Å². The normalized spacial score (nSPS) is 10.8. The molecule has 0 spiro atoms. The Balaban J connectivity index is 2.13. The van der Waals surface area contributed by atoms with Gasteiger partial charge in [-0.25, -0.2) is 5.43 Å². The molecule has 0 bridgehead atoms. The van der Waals surface area contributed by atoms with Crippen LogP contribution in [0, 0.1) is 7.14 Å². The molecule has 1 amide bonds. The van der Waals surface area contributed by atoms with Gasteiger partial charge < -0.3 is 9.84 Å². The summed E-state index contributed by atoms with van der Waals surface area (Å²) < 4.78 is 8.56. The largest absolute Gasteiger partial charge is 0.506 e. The van der Waals surface area contributed by atoms with E-state index in [1.54, 1.807) is 12.1 Å². The van der Waals surface area contributed by atoms with Crippen molar-refractivity contribution in [3.63, 3.8) is 0 Å². The topological polar surface area (TPSA) is 70.9 Å². The SMILES string of the molecule is C=CCOc1c(I)cc(C=NNC(=O)c2cc(Br)cc(Br)c2O)cc1I. The highest BCUT2D eigenvalue weighted by molar-refractivity contribution is 14.1. The summed E-state index contributed by atoms with van der Waals surface area (Å²) in [5, 5.41) is 13.9. The standard InChI is InChI=1S/C17H12Br2I2N2O3/c1-2-3-26-16-13(20)4-9(5-14(16)21)8-22-23-17(25)11-6-10(18)7-12(19)15(11)24/h2,4-8,24H,1,3H2,(H,23,25). The molecule has 0 atom stereocenters. The van der Waals surface area contributed by atoms with Gasteiger partial charge in [0, 0.05) is 4.47 Å². The first-order chi connectivity index (χ1) is 12.3. The smallest absolute Gasteiger partial charge is 0.275 e. The van der Waals surface area contributed by atoms with Crippen LogP contribution in [0.15, 0.2) is 51.0 Å². The van der Waals surface area contributed by atoms with E-state index < -0.39 is 5.91 Å². The summed E-state index contributed by atoms with van der Waals surface area (Å²) in [5.74, 6) is 0.126. The lowest BCUT2D eigenvalue weighted by atomic mass is 10.2. The molecule has 0 radical (unpaired) electrons. The fraction of sp³-hybridized carbons (Fsp3) is 0.0588. The Bertz CT molecular complexity index is 866. The summed E-state index contributed by atoms with van der Waals surface area (Å²) in [6.45, 7) is 4.07. The quantitative estimate of drug-likeness (QED) is 0.182. The fourth-order valence-corrected chi connectivity index (χ4v) is 5.25. The Hall–Kier alpha value is -0.660. The van der Waals surface area contributed by atoms with E-state index >= 15 is 0 Å². The number of hydrogen-bond acceptors (Lipinski definition) is 4. The Morgan fingerprint density at radius 1 is 1.27 bits per heavy atom. The van der Waals surface area contributed by atoms with E-state index in [2.05, 4.69) is 94.1 Å². The van der Waals surface area contributed by atoms with Crippen molar-refractivity contribution in [1.82, 2.24) is 5.43 Å². The lowest BCUT2D eigenvalue weighted by Gasteiger charge is -2.09. The van der Waals surface area contributed by atoms with Crippen molar-refractivity contribution in [2.75, 3.05) is 6.61 Å². The highest BCUT2D eigenvalue weighted by atomic mass is 127. The van der Waals surface area contributed by atoms with E-state index in [1.807, 2.05) is 12.1 Å². The first-order valence-corrected chi connectivity index (χ1v) is 10.8. The number of carbonyl (C=O) groups is 1. The number of aromatic hydroxyl groups is 1. The third kappa shape index (κ3) is 5.67. The van der Waals surface area contributed by atoms with Crippen LogP contribution in [0.2, 0.25) is 0 Å². The Morgan fingerprint density at radius 2 is 1.92 bits per heavy atom. The second-order valence-electron chi connectivity index (χ2n) is 4.90. The Labute approximate surface area is 194 Å². The average molecular weight is 706 g/mol. The summed E-state index contributed by atoms with van der Waals surface area (Å²) in [6.07, 6.45) is 3.22. The molecule has 5 nitrogen and oxygen atoms in total. The van der Waals surface area contributed by atoms with Crippen LogP contribution in [0.3, 0.4) is 0 Å². The number of hydrogen-bond donors (Lipinski definition) is 2. The van der Waals surface area contributed by atoms with Crippen LogP contribution in [0.5, 0.6) is 11.5 Å². The van der Waals surface area contributed by atoms with Gasteiger partial charge in [0.25, 0.3) is 5.91 Å². The van der Waals surface area contributed by atoms with Gasteiger partial charge in [0.05, 0.1) is 23.4 Å². The second kappa shape index (κ2) is 10.0. The summed E-state index contributed by atoms with van der Waals surface area (Å²) in [5.41, 5.74) is 3.33. The van der Waals surface area contributed by atoms with Crippen LogP contribution in [-0.2, 0) is 0 Å². The summed E-state index contributed by atoms with van der Waals surface area (Å²) in [7, 11) is 0. The lowest BCUT2D eigenvalue weighted by Crippen LogP contribution is -2.18. The number of halogens is 4. The molecule has 0 aliphatic heterocycles. The zero-order valence-electron chi connectivity index (χ0n) is 13.1. The van der Waals surface area contributed by atoms with Crippen molar-refractivity contribution in [1.29, 1.82) is 0 Å². The van der Waals surface area contributed by atoms with Crippen LogP contribution in [0.25, 0.3) is 0 Å². The van der Waals surface area contributed by atoms with Crippen LogP contribution in [-0.4, -0.2) is 23.8 Å². The van der Waals surface area contributed by atoms with Crippen molar-refractivity contribution in [3.8, 4) is 11.5 Å². The van der Waals surface area contributed by atoms with Crippen molar-refractivity contribution in [3.05, 3.63) is 64.1 Å². The third-order valence-electron chi connectivity index (χ3n) is 3.02. The second-order valence-corrected chi connectivity index (χ2v) is 8.99. The Morgan fingerprint density at radius 3 is 2.54 bits per heavy atom. The van der Waals surface area contributed by atoms with Crippen molar-refractivity contribution >= 4 is 89.2 Å². The third-order valence-corrected chi connectivity index (χ3v) is 5.68. The summed E-state index contributed by atoms with van der Waals surface area (Å²) in [6, 6.07) is 6.95. The minimum absolute atomic E-state index is 0.112. The maximum Gasteiger partial charge on any atom is 0.275 e. The molecular weight excluding hydrogens is 694 g/mol. The monoisotopic (exact) mass is 704 g/mol. The molecule has 0 heterocycles. The van der Waals surface area contributed by atoms with Gasteiger partial charge in [-0.15, -0.1) is 0 Å². The molecule has 2 rings (SSSR count). The van der Waals surface area contributed by atoms with Crippen molar-refractivity contribution in [2.24, 2.45) is 5.10 Å². The molecule has 0 aromatic heterocycles. The van der Waals surface area contributed by atoms with E-state index in [0.29, 0.717) is 15.6 Å². The van der Waals surface area contributed by atoms with E-state index in [1.165, 1.54) is 12.3 Å². The highest BCUT2D eigenvalue weighted by Gasteiger charge is 2.14. The fourth-order valence-electron chi connectivity index (χ4n) is 1.90. The minimum Gasteiger partial charge on any atom is -0.506 e. The summed E-state index contributed by atoms with van der Waals surface area (Å²) >= 11 is 10.8. The van der Waals surface area contributed by atoms with Gasteiger partial charge in [0.2, 0.25) is 0 Å². The molecule has 2 aromatic carbocycles. The van der Waals surface area contributed by atoms with Crippen LogP contribution < -0.4 is 10.2 Å². The Kier molecular flexibility index (Phi) is 8.36. The highest BCUT2D eigenvalue weighted by Crippen LogP contribution is 2.31. The number of nitrogens with one attached hydrogen (secondary N) is 1. The van der Waals surface area contributed by atoms with E-state index in [-0.39, 0.29) is 11.3 Å². The molecule has 0 saturated heterocycles. The molecule has 0 unspecified atom stereocenters. The maximum atomic E-state index is 12.2. The van der Waals surface area contributed by atoms with E-state index in [0.717, 1.165) is 18.5 Å². The number of carbonyl (C=O) groups excluding carboxylic acids is 1. The minimum atomic E-state index is -0.518. The predicted octanol–water partition coefficient (Wildman–Crippen LogP) is 5.46. The number of amides is 1. The predicted molar refractivity (Wildman–Crippen MR) is 126 cm³/mol.